The molecule has 0 radical (unpaired) electrons. The van der Waals surface area contributed by atoms with Crippen molar-refractivity contribution in [1.82, 2.24) is 5.32 Å². The summed E-state index contributed by atoms with van der Waals surface area (Å²) in [5, 5.41) is 6.31. The average Bonchev–Trinajstić information content (AvgIpc) is 2.80. The summed E-state index contributed by atoms with van der Waals surface area (Å²) >= 11 is 6.26. The number of carbonyl (C=O) groups is 2. The van der Waals surface area contributed by atoms with Crippen molar-refractivity contribution in [3.63, 3.8) is 0 Å². The van der Waals surface area contributed by atoms with Crippen LogP contribution in [0.4, 0.5) is 5.69 Å². The summed E-state index contributed by atoms with van der Waals surface area (Å²) in [6.07, 6.45) is 0.158. The fourth-order valence-electron chi connectivity index (χ4n) is 3.51. The first kappa shape index (κ1) is 21.7. The van der Waals surface area contributed by atoms with Crippen LogP contribution in [0, 0.1) is 0 Å². The Kier molecular flexibility index (Phi) is 6.61. The van der Waals surface area contributed by atoms with Crippen LogP contribution in [0.25, 0.3) is 0 Å². The van der Waals surface area contributed by atoms with Gasteiger partial charge in [0.25, 0.3) is 5.91 Å². The molecule has 3 aromatic carbocycles. The summed E-state index contributed by atoms with van der Waals surface area (Å²) in [5.41, 5.74) is 2.87. The van der Waals surface area contributed by atoms with E-state index in [-0.39, 0.29) is 24.3 Å². The number of rotatable bonds is 6. The van der Waals surface area contributed by atoms with Crippen molar-refractivity contribution in [3.05, 3.63) is 88.4 Å². The average molecular weight is 451 g/mol. The van der Waals surface area contributed by atoms with Gasteiger partial charge >= 0.3 is 0 Å². The number of anilines is 1. The van der Waals surface area contributed by atoms with E-state index < -0.39 is 0 Å². The Morgan fingerprint density at radius 1 is 1.00 bits per heavy atom. The van der Waals surface area contributed by atoms with Gasteiger partial charge in [0.05, 0.1) is 17.5 Å². The fourth-order valence-corrected chi connectivity index (χ4v) is 3.79. The normalized spacial score (nSPS) is 13.2. The standard InChI is InChI=1S/C25H23ClN2O4/c1-16(19-8-5-9-20(15-19)28-25(30)18-6-3-2-4-7-18)27-23(29)14-17-12-21(26)24-22(13-17)31-10-11-32-24/h2-9,12-13,15-16H,10-11,14H2,1H3,(H,27,29)(H,28,30). The topological polar surface area (TPSA) is 76.7 Å². The van der Waals surface area contributed by atoms with E-state index in [1.165, 1.54) is 0 Å². The van der Waals surface area contributed by atoms with Crippen LogP contribution in [0.15, 0.2) is 66.7 Å². The Hall–Kier alpha value is -3.51. The number of hydrogen-bond donors (Lipinski definition) is 2. The molecule has 1 atom stereocenters. The third-order valence-electron chi connectivity index (χ3n) is 5.08. The highest BCUT2D eigenvalue weighted by Gasteiger charge is 2.18. The van der Waals surface area contributed by atoms with E-state index in [9.17, 15) is 9.59 Å². The number of hydrogen-bond acceptors (Lipinski definition) is 4. The Bertz CT molecular complexity index is 1130. The van der Waals surface area contributed by atoms with Crippen LogP contribution < -0.4 is 20.1 Å². The highest BCUT2D eigenvalue weighted by molar-refractivity contribution is 6.32. The van der Waals surface area contributed by atoms with Gasteiger partial charge in [0.2, 0.25) is 5.91 Å². The fraction of sp³-hybridized carbons (Fsp3) is 0.200. The second-order valence-electron chi connectivity index (χ2n) is 7.51. The second-order valence-corrected chi connectivity index (χ2v) is 7.92. The van der Waals surface area contributed by atoms with Gasteiger partial charge in [-0.05, 0) is 54.4 Å². The molecule has 0 spiro atoms. The van der Waals surface area contributed by atoms with Crippen LogP contribution in [-0.4, -0.2) is 25.0 Å². The van der Waals surface area contributed by atoms with Crippen molar-refractivity contribution in [2.75, 3.05) is 18.5 Å². The highest BCUT2D eigenvalue weighted by Crippen LogP contribution is 2.38. The van der Waals surface area contributed by atoms with Gasteiger partial charge in [-0.25, -0.2) is 0 Å². The zero-order chi connectivity index (χ0) is 22.5. The minimum atomic E-state index is -0.247. The summed E-state index contributed by atoms with van der Waals surface area (Å²) in [7, 11) is 0. The zero-order valence-electron chi connectivity index (χ0n) is 17.6. The van der Waals surface area contributed by atoms with Gasteiger partial charge in [0.15, 0.2) is 11.5 Å². The van der Waals surface area contributed by atoms with Crippen LogP contribution in [0.2, 0.25) is 5.02 Å². The number of ether oxygens (including phenoxy) is 2. The van der Waals surface area contributed by atoms with Gasteiger partial charge in [-0.2, -0.15) is 0 Å². The zero-order valence-corrected chi connectivity index (χ0v) is 18.3. The molecule has 4 rings (SSSR count). The predicted molar refractivity (Wildman–Crippen MR) is 124 cm³/mol. The first-order chi connectivity index (χ1) is 15.5. The van der Waals surface area contributed by atoms with E-state index >= 15 is 0 Å². The molecule has 2 N–H and O–H groups in total. The summed E-state index contributed by atoms with van der Waals surface area (Å²) in [6.45, 7) is 2.80. The maximum absolute atomic E-state index is 12.6. The lowest BCUT2D eigenvalue weighted by Crippen LogP contribution is -2.28. The Morgan fingerprint density at radius 3 is 2.59 bits per heavy atom. The van der Waals surface area contributed by atoms with Gasteiger partial charge in [-0.15, -0.1) is 0 Å². The SMILES string of the molecule is CC(NC(=O)Cc1cc(Cl)c2c(c1)OCCO2)c1cccc(NC(=O)c2ccccc2)c1. The lowest BCUT2D eigenvalue weighted by atomic mass is 10.1. The number of benzene rings is 3. The molecule has 0 bridgehead atoms. The predicted octanol–water partition coefficient (Wildman–Crippen LogP) is 4.78. The molecule has 0 aliphatic carbocycles. The number of nitrogens with one attached hydrogen (secondary N) is 2. The number of amides is 2. The molecular formula is C25H23ClN2O4. The molecule has 2 amide bonds. The van der Waals surface area contributed by atoms with Crippen molar-refractivity contribution in [2.45, 2.75) is 19.4 Å². The molecular weight excluding hydrogens is 428 g/mol. The number of fused-ring (bicyclic) bond motifs is 1. The number of halogens is 1. The van der Waals surface area contributed by atoms with Crippen LogP contribution in [-0.2, 0) is 11.2 Å². The van der Waals surface area contributed by atoms with Gasteiger partial charge < -0.3 is 20.1 Å². The lowest BCUT2D eigenvalue weighted by Gasteiger charge is -2.20. The van der Waals surface area contributed by atoms with Crippen molar-refractivity contribution in [2.24, 2.45) is 0 Å². The van der Waals surface area contributed by atoms with Crippen molar-refractivity contribution in [3.8, 4) is 11.5 Å². The Labute approximate surface area is 191 Å². The highest BCUT2D eigenvalue weighted by atomic mass is 35.5. The maximum Gasteiger partial charge on any atom is 0.255 e. The third kappa shape index (κ3) is 5.21. The molecule has 0 aromatic heterocycles. The van der Waals surface area contributed by atoms with Crippen molar-refractivity contribution < 1.29 is 19.1 Å². The molecule has 7 heteroatoms. The Balaban J connectivity index is 1.39. The second kappa shape index (κ2) is 9.75. The molecule has 6 nitrogen and oxygen atoms in total. The summed E-state index contributed by atoms with van der Waals surface area (Å²) in [4.78, 5) is 25.0. The van der Waals surface area contributed by atoms with E-state index in [1.807, 2.05) is 49.4 Å². The third-order valence-corrected chi connectivity index (χ3v) is 5.36. The molecule has 1 heterocycles. The first-order valence-corrected chi connectivity index (χ1v) is 10.7. The monoisotopic (exact) mass is 450 g/mol. The molecule has 0 saturated heterocycles. The molecule has 1 aliphatic heterocycles. The summed E-state index contributed by atoms with van der Waals surface area (Å²) in [5.74, 6) is 0.741. The summed E-state index contributed by atoms with van der Waals surface area (Å²) in [6, 6.07) is 19.7. The van der Waals surface area contributed by atoms with Gasteiger partial charge in [0.1, 0.15) is 13.2 Å². The van der Waals surface area contributed by atoms with E-state index in [1.54, 1.807) is 24.3 Å². The van der Waals surface area contributed by atoms with Crippen LogP contribution >= 0.6 is 11.6 Å². The molecule has 1 unspecified atom stereocenters. The van der Waals surface area contributed by atoms with Crippen LogP contribution in [0.3, 0.4) is 0 Å². The number of carbonyl (C=O) groups excluding carboxylic acids is 2. The summed E-state index contributed by atoms with van der Waals surface area (Å²) < 4.78 is 11.1. The van der Waals surface area contributed by atoms with Gasteiger partial charge in [0, 0.05) is 11.3 Å². The van der Waals surface area contributed by atoms with E-state index in [0.29, 0.717) is 41.0 Å². The van der Waals surface area contributed by atoms with E-state index in [4.69, 9.17) is 21.1 Å². The first-order valence-electron chi connectivity index (χ1n) is 10.3. The van der Waals surface area contributed by atoms with E-state index in [0.717, 1.165) is 11.1 Å². The molecule has 164 valence electrons. The van der Waals surface area contributed by atoms with Crippen LogP contribution in [0.1, 0.15) is 34.5 Å². The van der Waals surface area contributed by atoms with Gasteiger partial charge in [-0.3, -0.25) is 9.59 Å². The van der Waals surface area contributed by atoms with E-state index in [2.05, 4.69) is 10.6 Å². The van der Waals surface area contributed by atoms with Crippen molar-refractivity contribution >= 4 is 29.1 Å². The molecule has 0 fully saturated rings. The molecule has 3 aromatic rings. The Morgan fingerprint density at radius 2 is 1.78 bits per heavy atom. The quantitative estimate of drug-likeness (QED) is 0.566. The van der Waals surface area contributed by atoms with Gasteiger partial charge in [-0.1, -0.05) is 41.9 Å². The van der Waals surface area contributed by atoms with Crippen molar-refractivity contribution in [1.29, 1.82) is 0 Å². The molecule has 0 saturated carbocycles. The minimum Gasteiger partial charge on any atom is -0.486 e. The maximum atomic E-state index is 12.6. The largest absolute Gasteiger partial charge is 0.486 e. The molecule has 32 heavy (non-hydrogen) atoms. The molecule has 1 aliphatic rings. The van der Waals surface area contributed by atoms with Crippen LogP contribution in [0.5, 0.6) is 11.5 Å². The minimum absolute atomic E-state index is 0.149. The smallest absolute Gasteiger partial charge is 0.255 e. The lowest BCUT2D eigenvalue weighted by molar-refractivity contribution is -0.121.